The van der Waals surface area contributed by atoms with Crippen molar-refractivity contribution >= 4 is 45.0 Å². The summed E-state index contributed by atoms with van der Waals surface area (Å²) in [6.07, 6.45) is 6.15. The Kier molecular flexibility index (Phi) is 8.70. The molecule has 0 saturated carbocycles. The summed E-state index contributed by atoms with van der Waals surface area (Å²) >= 11 is 0. The molecular formula is C32H31FN6O4. The number of hydrogen-bond donors (Lipinski definition) is 2. The van der Waals surface area contributed by atoms with E-state index in [0.29, 0.717) is 35.4 Å². The Morgan fingerprint density at radius 3 is 1.56 bits per heavy atom. The van der Waals surface area contributed by atoms with Crippen molar-refractivity contribution in [2.45, 2.75) is 27.7 Å². The van der Waals surface area contributed by atoms with Crippen LogP contribution in [0, 0.1) is 17.7 Å². The highest BCUT2D eigenvalue weighted by atomic mass is 19.1. The molecule has 0 unspecified atom stereocenters. The molecule has 0 fully saturated rings. The largest absolute Gasteiger partial charge is 0.493 e. The Labute approximate surface area is 247 Å². The maximum absolute atomic E-state index is 16.4. The van der Waals surface area contributed by atoms with Crippen LogP contribution in [-0.2, 0) is 0 Å². The Hall–Kier alpha value is -5.19. The molecule has 4 heterocycles. The van der Waals surface area contributed by atoms with Gasteiger partial charge in [-0.15, -0.1) is 0 Å². The summed E-state index contributed by atoms with van der Waals surface area (Å²) in [7, 11) is 0. The molecule has 0 spiro atoms. The van der Waals surface area contributed by atoms with Gasteiger partial charge in [-0.3, -0.25) is 19.6 Å². The molecule has 1 aromatic carbocycles. The van der Waals surface area contributed by atoms with E-state index in [2.05, 4.69) is 30.6 Å². The van der Waals surface area contributed by atoms with Crippen LogP contribution in [0.15, 0.2) is 67.3 Å². The van der Waals surface area contributed by atoms with E-state index in [0.717, 1.165) is 0 Å². The zero-order valence-electron chi connectivity index (χ0n) is 24.2. The number of anilines is 2. The van der Waals surface area contributed by atoms with Crippen molar-refractivity contribution in [1.82, 2.24) is 19.9 Å². The van der Waals surface area contributed by atoms with Gasteiger partial charge in [0.2, 0.25) is 0 Å². The van der Waals surface area contributed by atoms with Gasteiger partial charge in [-0.2, -0.15) is 0 Å². The minimum atomic E-state index is -0.816. The fourth-order valence-corrected chi connectivity index (χ4v) is 4.18. The van der Waals surface area contributed by atoms with Crippen molar-refractivity contribution in [2.75, 3.05) is 23.8 Å². The van der Waals surface area contributed by atoms with Gasteiger partial charge in [-0.25, -0.2) is 14.4 Å². The van der Waals surface area contributed by atoms with Crippen LogP contribution in [0.4, 0.5) is 15.8 Å². The van der Waals surface area contributed by atoms with Gasteiger partial charge in [0.15, 0.2) is 5.82 Å². The van der Waals surface area contributed by atoms with Crippen molar-refractivity contribution in [3.63, 3.8) is 0 Å². The molecule has 0 bridgehead atoms. The second kappa shape index (κ2) is 12.8. The fourth-order valence-electron chi connectivity index (χ4n) is 4.18. The standard InChI is InChI=1S/C32H31FN6O4/c1-18(2)16-42-26-12-24(31(40)36-20-7-5-9-34-14-20)38-29-22(26)11-23-27(43-17-19(3)4)13-25(39-30(23)28(29)33)32(41)37-21-8-6-10-35-15-21/h5-15,18-19H,16-17H2,1-4H3,(H,36,40)(H,37,41). The van der Waals surface area contributed by atoms with Crippen molar-refractivity contribution in [3.8, 4) is 11.5 Å². The quantitative estimate of drug-likeness (QED) is 0.184. The first-order valence-corrected chi connectivity index (χ1v) is 13.9. The van der Waals surface area contributed by atoms with E-state index in [4.69, 9.17) is 9.47 Å². The second-order valence-electron chi connectivity index (χ2n) is 10.8. The molecule has 0 saturated heterocycles. The van der Waals surface area contributed by atoms with Crippen LogP contribution in [-0.4, -0.2) is 45.0 Å². The third-order valence-corrected chi connectivity index (χ3v) is 6.19. The molecule has 0 aliphatic carbocycles. The van der Waals surface area contributed by atoms with Crippen molar-refractivity contribution in [3.05, 3.63) is 84.5 Å². The lowest BCUT2D eigenvalue weighted by Gasteiger charge is -2.17. The fraction of sp³-hybridized carbons (Fsp3) is 0.250. The number of fused-ring (bicyclic) bond motifs is 2. The molecule has 220 valence electrons. The zero-order valence-corrected chi connectivity index (χ0v) is 24.2. The SMILES string of the molecule is CC(C)COc1cc(C(=O)Nc2cccnc2)nc2c(F)c3nc(C(=O)Nc4cccnc4)cc(OCC(C)C)c3cc12. The molecule has 0 aliphatic rings. The minimum absolute atomic E-state index is 0.0601. The van der Waals surface area contributed by atoms with E-state index in [-0.39, 0.29) is 45.8 Å². The molecule has 2 N–H and O–H groups in total. The minimum Gasteiger partial charge on any atom is -0.493 e. The lowest BCUT2D eigenvalue weighted by molar-refractivity contribution is 0.101. The molecule has 43 heavy (non-hydrogen) atoms. The van der Waals surface area contributed by atoms with Gasteiger partial charge in [0, 0.05) is 35.3 Å². The number of ether oxygens (including phenoxy) is 2. The summed E-state index contributed by atoms with van der Waals surface area (Å²) in [5.41, 5.74) is 0.534. The highest BCUT2D eigenvalue weighted by Gasteiger charge is 2.23. The molecule has 11 heteroatoms. The van der Waals surface area contributed by atoms with Gasteiger partial charge in [-0.05, 0) is 42.2 Å². The molecule has 4 aromatic heterocycles. The molecular weight excluding hydrogens is 551 g/mol. The van der Waals surface area contributed by atoms with Crippen LogP contribution in [0.25, 0.3) is 21.8 Å². The predicted octanol–water partition coefficient (Wildman–Crippen LogP) is 6.29. The highest BCUT2D eigenvalue weighted by Crippen LogP contribution is 2.37. The normalized spacial score (nSPS) is 11.2. The summed E-state index contributed by atoms with van der Waals surface area (Å²) in [6.45, 7) is 8.57. The second-order valence-corrected chi connectivity index (χ2v) is 10.8. The van der Waals surface area contributed by atoms with E-state index in [1.54, 1.807) is 42.7 Å². The summed E-state index contributed by atoms with van der Waals surface area (Å²) in [5, 5.41) is 6.12. The molecule has 10 nitrogen and oxygen atoms in total. The highest BCUT2D eigenvalue weighted by molar-refractivity contribution is 6.09. The Morgan fingerprint density at radius 1 is 0.744 bits per heavy atom. The van der Waals surface area contributed by atoms with Crippen LogP contribution >= 0.6 is 0 Å². The van der Waals surface area contributed by atoms with Crippen molar-refractivity contribution < 1.29 is 23.5 Å². The Morgan fingerprint density at radius 2 is 1.19 bits per heavy atom. The number of hydrogen-bond acceptors (Lipinski definition) is 8. The number of amides is 2. The number of nitrogens with one attached hydrogen (secondary N) is 2. The lowest BCUT2D eigenvalue weighted by atomic mass is 10.1. The summed E-state index contributed by atoms with van der Waals surface area (Å²) < 4.78 is 28.6. The average Bonchev–Trinajstić information content (AvgIpc) is 2.99. The van der Waals surface area contributed by atoms with E-state index in [9.17, 15) is 9.59 Å². The topological polar surface area (TPSA) is 128 Å². The number of halogens is 1. The molecule has 0 aliphatic heterocycles. The first-order chi connectivity index (χ1) is 20.7. The Bertz CT molecular complexity index is 1650. The number of aromatic nitrogens is 4. The van der Waals surface area contributed by atoms with E-state index in [1.807, 2.05) is 27.7 Å². The van der Waals surface area contributed by atoms with E-state index >= 15 is 4.39 Å². The summed E-state index contributed by atoms with van der Waals surface area (Å²) in [6, 6.07) is 11.4. The number of carbonyl (C=O) groups excluding carboxylic acids is 2. The molecule has 0 radical (unpaired) electrons. The molecule has 5 rings (SSSR count). The van der Waals surface area contributed by atoms with Gasteiger partial charge in [0.1, 0.15) is 33.9 Å². The number of pyridine rings is 4. The van der Waals surface area contributed by atoms with Crippen LogP contribution in [0.2, 0.25) is 0 Å². The van der Waals surface area contributed by atoms with Crippen molar-refractivity contribution in [1.29, 1.82) is 0 Å². The number of carbonyl (C=O) groups is 2. The van der Waals surface area contributed by atoms with Gasteiger partial charge in [0.25, 0.3) is 11.8 Å². The number of rotatable bonds is 10. The predicted molar refractivity (Wildman–Crippen MR) is 162 cm³/mol. The van der Waals surface area contributed by atoms with Crippen LogP contribution < -0.4 is 20.1 Å². The van der Waals surface area contributed by atoms with Gasteiger partial charge >= 0.3 is 0 Å². The number of benzene rings is 1. The van der Waals surface area contributed by atoms with E-state index in [1.165, 1.54) is 24.5 Å². The maximum Gasteiger partial charge on any atom is 0.274 e. The van der Waals surface area contributed by atoms with Crippen LogP contribution in [0.5, 0.6) is 11.5 Å². The van der Waals surface area contributed by atoms with Crippen LogP contribution in [0.1, 0.15) is 48.7 Å². The third kappa shape index (κ3) is 6.83. The third-order valence-electron chi connectivity index (χ3n) is 6.19. The van der Waals surface area contributed by atoms with Gasteiger partial charge in [-0.1, -0.05) is 27.7 Å². The monoisotopic (exact) mass is 582 g/mol. The van der Waals surface area contributed by atoms with E-state index < -0.39 is 17.6 Å². The lowest BCUT2D eigenvalue weighted by Crippen LogP contribution is -2.16. The van der Waals surface area contributed by atoms with Crippen LogP contribution in [0.3, 0.4) is 0 Å². The first-order valence-electron chi connectivity index (χ1n) is 13.9. The average molecular weight is 583 g/mol. The molecule has 0 atom stereocenters. The summed E-state index contributed by atoms with van der Waals surface area (Å²) in [5.74, 6) is -1.07. The van der Waals surface area contributed by atoms with Gasteiger partial charge < -0.3 is 20.1 Å². The molecule has 2 amide bonds. The summed E-state index contributed by atoms with van der Waals surface area (Å²) in [4.78, 5) is 43.1. The maximum atomic E-state index is 16.4. The molecule has 5 aromatic rings. The smallest absolute Gasteiger partial charge is 0.274 e. The Balaban J connectivity index is 1.67. The van der Waals surface area contributed by atoms with Gasteiger partial charge in [0.05, 0.1) is 37.0 Å². The van der Waals surface area contributed by atoms with Crippen molar-refractivity contribution in [2.24, 2.45) is 11.8 Å². The number of nitrogens with zero attached hydrogens (tertiary/aromatic N) is 4. The first kappa shape index (κ1) is 29.3. The zero-order chi connectivity index (χ0) is 30.5.